The molecule has 0 unspecified atom stereocenters. The fourth-order valence-corrected chi connectivity index (χ4v) is 5.09. The van der Waals surface area contributed by atoms with Crippen LogP contribution in [0.4, 0.5) is 0 Å². The summed E-state index contributed by atoms with van der Waals surface area (Å²) in [6.07, 6.45) is 11.8. The van der Waals surface area contributed by atoms with E-state index < -0.39 is 0 Å². The van der Waals surface area contributed by atoms with E-state index in [-0.39, 0.29) is 5.60 Å². The van der Waals surface area contributed by atoms with Crippen LogP contribution in [0.3, 0.4) is 0 Å². The fraction of sp³-hybridized carbons (Fsp3) is 0.941. The summed E-state index contributed by atoms with van der Waals surface area (Å²) in [5.41, 5.74) is 0.180. The molecule has 0 atom stereocenters. The summed E-state index contributed by atoms with van der Waals surface area (Å²) in [4.78, 5) is 11.7. The molecule has 0 aliphatic heterocycles. The third-order valence-corrected chi connectivity index (χ3v) is 5.58. The number of hydrogen-bond donors (Lipinski definition) is 0. The Kier molecular flexibility index (Phi) is 3.98. The number of unbranched alkanes of at least 4 members (excludes halogenated alkanes) is 1. The van der Waals surface area contributed by atoms with Gasteiger partial charge >= 0.3 is 0 Å². The SMILES string of the molecule is CCCCC(=O)CCOC12CC3CC(CC(C3)C1)C2. The lowest BCUT2D eigenvalue weighted by Gasteiger charge is -2.56. The summed E-state index contributed by atoms with van der Waals surface area (Å²) in [7, 11) is 0. The maximum Gasteiger partial charge on any atom is 0.135 e. The van der Waals surface area contributed by atoms with Crippen LogP contribution in [0, 0.1) is 17.8 Å². The number of ketones is 1. The molecule has 108 valence electrons. The highest BCUT2D eigenvalue weighted by atomic mass is 16.5. The van der Waals surface area contributed by atoms with Crippen LogP contribution in [0.1, 0.15) is 71.1 Å². The molecule has 4 rings (SSSR count). The van der Waals surface area contributed by atoms with E-state index >= 15 is 0 Å². The second-order valence-corrected chi connectivity index (χ2v) is 7.34. The summed E-state index contributed by atoms with van der Waals surface area (Å²) < 4.78 is 6.27. The smallest absolute Gasteiger partial charge is 0.135 e. The first-order valence-corrected chi connectivity index (χ1v) is 8.35. The third-order valence-electron chi connectivity index (χ3n) is 5.58. The Morgan fingerprint density at radius 2 is 1.63 bits per heavy atom. The van der Waals surface area contributed by atoms with Crippen LogP contribution >= 0.6 is 0 Å². The third kappa shape index (κ3) is 3.04. The van der Waals surface area contributed by atoms with Gasteiger partial charge in [0.05, 0.1) is 12.2 Å². The lowest BCUT2D eigenvalue weighted by atomic mass is 9.54. The number of hydrogen-bond acceptors (Lipinski definition) is 2. The van der Waals surface area contributed by atoms with Gasteiger partial charge in [0, 0.05) is 12.8 Å². The minimum Gasteiger partial charge on any atom is -0.375 e. The Labute approximate surface area is 117 Å². The van der Waals surface area contributed by atoms with Crippen molar-refractivity contribution in [1.82, 2.24) is 0 Å². The second kappa shape index (κ2) is 5.55. The molecule has 2 nitrogen and oxygen atoms in total. The minimum absolute atomic E-state index is 0.180. The lowest BCUT2D eigenvalue weighted by molar-refractivity contribution is -0.164. The van der Waals surface area contributed by atoms with Crippen LogP contribution in [0.2, 0.25) is 0 Å². The number of rotatable bonds is 7. The largest absolute Gasteiger partial charge is 0.375 e. The van der Waals surface area contributed by atoms with Crippen molar-refractivity contribution in [3.05, 3.63) is 0 Å². The first kappa shape index (κ1) is 13.6. The van der Waals surface area contributed by atoms with Crippen LogP contribution in [-0.4, -0.2) is 18.0 Å². The van der Waals surface area contributed by atoms with Gasteiger partial charge in [-0.25, -0.2) is 0 Å². The zero-order chi connectivity index (χ0) is 13.3. The second-order valence-electron chi connectivity index (χ2n) is 7.34. The molecule has 0 aromatic rings. The number of Topliss-reactive ketones (excluding diaryl/α,β-unsaturated/α-hetero) is 1. The van der Waals surface area contributed by atoms with E-state index in [1.54, 1.807) is 0 Å². The zero-order valence-corrected chi connectivity index (χ0v) is 12.3. The molecule has 4 saturated carbocycles. The standard InChI is InChI=1S/C17H28O2/c1-2-3-4-16(18)5-6-19-17-10-13-7-14(11-17)9-15(8-13)12-17/h13-15H,2-12H2,1H3. The van der Waals surface area contributed by atoms with Gasteiger partial charge in [-0.1, -0.05) is 13.3 Å². The molecule has 4 aliphatic carbocycles. The maximum absolute atomic E-state index is 11.7. The monoisotopic (exact) mass is 264 g/mol. The van der Waals surface area contributed by atoms with Gasteiger partial charge in [0.2, 0.25) is 0 Å². The van der Waals surface area contributed by atoms with Crippen LogP contribution < -0.4 is 0 Å². The molecule has 0 saturated heterocycles. The molecular weight excluding hydrogens is 236 g/mol. The first-order chi connectivity index (χ1) is 9.19. The molecule has 4 bridgehead atoms. The van der Waals surface area contributed by atoms with Crippen LogP contribution in [-0.2, 0) is 9.53 Å². The molecule has 0 aromatic carbocycles. The van der Waals surface area contributed by atoms with Gasteiger partial charge < -0.3 is 4.74 Å². The van der Waals surface area contributed by atoms with Crippen molar-refractivity contribution < 1.29 is 9.53 Å². The molecule has 0 radical (unpaired) electrons. The van der Waals surface area contributed by atoms with Gasteiger partial charge in [-0.2, -0.15) is 0 Å². The van der Waals surface area contributed by atoms with E-state index in [1.165, 1.54) is 38.5 Å². The van der Waals surface area contributed by atoms with Crippen molar-refractivity contribution in [1.29, 1.82) is 0 Å². The molecule has 0 amide bonds. The Balaban J connectivity index is 1.46. The Hall–Kier alpha value is -0.370. The number of ether oxygens (including phenoxy) is 1. The highest BCUT2D eigenvalue weighted by Crippen LogP contribution is 2.57. The summed E-state index contributed by atoms with van der Waals surface area (Å²) in [6, 6.07) is 0. The van der Waals surface area contributed by atoms with Crippen molar-refractivity contribution in [2.24, 2.45) is 17.8 Å². The highest BCUT2D eigenvalue weighted by molar-refractivity contribution is 5.78. The molecule has 0 N–H and O–H groups in total. The van der Waals surface area contributed by atoms with E-state index in [0.29, 0.717) is 18.8 Å². The lowest BCUT2D eigenvalue weighted by Crippen LogP contribution is -2.52. The highest BCUT2D eigenvalue weighted by Gasteiger charge is 2.51. The zero-order valence-electron chi connectivity index (χ0n) is 12.3. The Bertz CT molecular complexity index is 299. The maximum atomic E-state index is 11.7. The molecule has 0 heterocycles. The molecule has 0 aromatic heterocycles. The van der Waals surface area contributed by atoms with Gasteiger partial charge in [0.25, 0.3) is 0 Å². The van der Waals surface area contributed by atoms with Gasteiger partial charge in [-0.15, -0.1) is 0 Å². The fourth-order valence-electron chi connectivity index (χ4n) is 5.09. The summed E-state index contributed by atoms with van der Waals surface area (Å²) in [6.45, 7) is 2.81. The molecular formula is C17H28O2. The summed E-state index contributed by atoms with van der Waals surface area (Å²) in [5, 5.41) is 0. The Morgan fingerprint density at radius 3 is 2.16 bits per heavy atom. The van der Waals surface area contributed by atoms with E-state index in [0.717, 1.165) is 37.0 Å². The normalized spacial score (nSPS) is 39.7. The molecule has 4 fully saturated rings. The molecule has 0 spiro atoms. The Morgan fingerprint density at radius 1 is 1.05 bits per heavy atom. The quantitative estimate of drug-likeness (QED) is 0.691. The number of carbonyl (C=O) groups is 1. The van der Waals surface area contributed by atoms with Crippen LogP contribution in [0.15, 0.2) is 0 Å². The van der Waals surface area contributed by atoms with Gasteiger partial charge in [-0.05, 0) is 62.7 Å². The number of carbonyl (C=O) groups excluding carboxylic acids is 1. The topological polar surface area (TPSA) is 26.3 Å². The predicted molar refractivity (Wildman–Crippen MR) is 76.0 cm³/mol. The van der Waals surface area contributed by atoms with E-state index in [4.69, 9.17) is 4.74 Å². The average molecular weight is 264 g/mol. The van der Waals surface area contributed by atoms with Crippen molar-refractivity contribution >= 4 is 5.78 Å². The van der Waals surface area contributed by atoms with E-state index in [1.807, 2.05) is 0 Å². The predicted octanol–water partition coefficient (Wildman–Crippen LogP) is 4.12. The van der Waals surface area contributed by atoms with E-state index in [2.05, 4.69) is 6.92 Å². The van der Waals surface area contributed by atoms with Gasteiger partial charge in [0.15, 0.2) is 0 Å². The van der Waals surface area contributed by atoms with Gasteiger partial charge in [-0.3, -0.25) is 4.79 Å². The van der Waals surface area contributed by atoms with Crippen molar-refractivity contribution in [2.45, 2.75) is 76.7 Å². The van der Waals surface area contributed by atoms with E-state index in [9.17, 15) is 4.79 Å². The molecule has 4 aliphatic rings. The van der Waals surface area contributed by atoms with Crippen LogP contribution in [0.5, 0.6) is 0 Å². The summed E-state index contributed by atoms with van der Waals surface area (Å²) in [5.74, 6) is 3.19. The molecule has 19 heavy (non-hydrogen) atoms. The van der Waals surface area contributed by atoms with Crippen molar-refractivity contribution in [2.75, 3.05) is 6.61 Å². The van der Waals surface area contributed by atoms with Gasteiger partial charge in [0.1, 0.15) is 5.78 Å². The minimum atomic E-state index is 0.180. The summed E-state index contributed by atoms with van der Waals surface area (Å²) >= 11 is 0. The van der Waals surface area contributed by atoms with Crippen molar-refractivity contribution in [3.8, 4) is 0 Å². The average Bonchev–Trinajstić information content (AvgIpc) is 2.34. The van der Waals surface area contributed by atoms with Crippen molar-refractivity contribution in [3.63, 3.8) is 0 Å². The van der Waals surface area contributed by atoms with Crippen LogP contribution in [0.25, 0.3) is 0 Å². The first-order valence-electron chi connectivity index (χ1n) is 8.35. The molecule has 2 heteroatoms.